The number of ketones is 2. The van der Waals surface area contributed by atoms with Gasteiger partial charge in [-0.3, -0.25) is 24.0 Å². The lowest BCUT2D eigenvalue weighted by Crippen LogP contribution is -2.63. The lowest BCUT2D eigenvalue weighted by molar-refractivity contribution is -0.186. The van der Waals surface area contributed by atoms with Gasteiger partial charge in [0.25, 0.3) is 0 Å². The van der Waals surface area contributed by atoms with Crippen LogP contribution in [-0.2, 0) is 44.6 Å². The first-order valence-electron chi connectivity index (χ1n) is 15.3. The molecule has 1 aromatic carbocycles. The van der Waals surface area contributed by atoms with Gasteiger partial charge in [-0.05, 0) is 60.4 Å². The molecule has 0 amide bonds. The first-order chi connectivity index (χ1) is 20.9. The Morgan fingerprint density at radius 2 is 1.67 bits per heavy atom. The lowest BCUT2D eigenvalue weighted by atomic mass is 9.48. The molecule has 0 radical (unpaired) electrons. The summed E-state index contributed by atoms with van der Waals surface area (Å²) in [5, 5.41) is 23.1. The van der Waals surface area contributed by atoms with E-state index >= 15 is 0 Å². The number of rotatable bonds is 8. The fraction of sp³-hybridized carbons (Fsp3) is 0.618. The Morgan fingerprint density at radius 3 is 2.27 bits per heavy atom. The van der Waals surface area contributed by atoms with E-state index in [1.165, 1.54) is 19.1 Å². The van der Waals surface area contributed by atoms with Gasteiger partial charge < -0.3 is 24.4 Å². The molecular weight excluding hydrogens is 587 g/mol. The van der Waals surface area contributed by atoms with Crippen molar-refractivity contribution in [2.24, 2.45) is 22.7 Å². The molecule has 2 fully saturated rings. The third-order valence-electron chi connectivity index (χ3n) is 10.2. The van der Waals surface area contributed by atoms with E-state index in [0.717, 1.165) is 12.5 Å². The molecule has 3 aliphatic rings. The molecule has 246 valence electrons. The van der Waals surface area contributed by atoms with Gasteiger partial charge in [-0.2, -0.15) is 0 Å². The number of hydrogen-bond acceptors (Lipinski definition) is 10. The topological polar surface area (TPSA) is 154 Å². The molecule has 2 saturated carbocycles. The van der Waals surface area contributed by atoms with Crippen molar-refractivity contribution in [3.05, 3.63) is 46.8 Å². The molecular formula is C34H43FO10. The van der Waals surface area contributed by atoms with Crippen LogP contribution in [0.5, 0.6) is 0 Å². The summed E-state index contributed by atoms with van der Waals surface area (Å²) < 4.78 is 29.9. The van der Waals surface area contributed by atoms with Gasteiger partial charge in [0.15, 0.2) is 11.9 Å². The quantitative estimate of drug-likeness (QED) is 0.187. The summed E-state index contributed by atoms with van der Waals surface area (Å²) in [4.78, 5) is 64.7. The highest BCUT2D eigenvalue weighted by molar-refractivity contribution is 5.98. The van der Waals surface area contributed by atoms with E-state index in [4.69, 9.17) is 14.2 Å². The molecule has 2 N–H and O–H groups in total. The summed E-state index contributed by atoms with van der Waals surface area (Å²) in [6.45, 7) is 9.13. The normalized spacial score (nSPS) is 31.7. The van der Waals surface area contributed by atoms with Crippen molar-refractivity contribution in [2.75, 3.05) is 0 Å². The zero-order valence-electron chi connectivity index (χ0n) is 26.7. The average Bonchev–Trinajstić information content (AvgIpc) is 2.91. The summed E-state index contributed by atoms with van der Waals surface area (Å²) in [7, 11) is 0. The number of aliphatic hydroxyl groups is 2. The van der Waals surface area contributed by atoms with Crippen molar-refractivity contribution in [1.82, 2.24) is 0 Å². The number of aliphatic hydroxyl groups excluding tert-OH is 1. The number of carbonyl (C=O) groups excluding carboxylic acids is 5. The molecule has 3 unspecified atom stereocenters. The zero-order chi connectivity index (χ0) is 33.5. The summed E-state index contributed by atoms with van der Waals surface area (Å²) in [5.74, 6) is -4.50. The molecule has 0 spiro atoms. The number of hydrogen-bond donors (Lipinski definition) is 2. The summed E-state index contributed by atoms with van der Waals surface area (Å²) in [6, 6.07) is 5.77. The van der Waals surface area contributed by atoms with Crippen molar-refractivity contribution in [1.29, 1.82) is 0 Å². The predicted molar refractivity (Wildman–Crippen MR) is 158 cm³/mol. The molecule has 7 atom stereocenters. The van der Waals surface area contributed by atoms with Crippen LogP contribution in [0.4, 0.5) is 4.39 Å². The van der Waals surface area contributed by atoms with E-state index in [-0.39, 0.29) is 44.3 Å². The van der Waals surface area contributed by atoms with Gasteiger partial charge in [0.2, 0.25) is 6.29 Å². The lowest BCUT2D eigenvalue weighted by Gasteiger charge is -2.58. The standard InChI is InChI=1S/C34H43FO10/c1-18-26(45-27(39)12-9-21-7-10-23(35)11-8-21)17-34(42)16-25-22(14-28(40)43-19(2)36)13-24(38)15-33(25,6)31(41)30(44-20(3)37)29(18)32(34,4)5/h7-8,10-11,22,25-26,28,30,40,42H,9,12-17H2,1-6H3/t22?,25?,26-,28?,30+,33+,34-/m0/s1. The van der Waals surface area contributed by atoms with E-state index in [0.29, 0.717) is 17.6 Å². The zero-order valence-corrected chi connectivity index (χ0v) is 26.7. The highest BCUT2D eigenvalue weighted by Gasteiger charge is 2.64. The van der Waals surface area contributed by atoms with Gasteiger partial charge in [-0.25, -0.2) is 4.39 Å². The molecule has 0 heterocycles. The number of Topliss-reactive ketones (excluding diaryl/α,β-unsaturated/α-hetero) is 2. The Labute approximate surface area is 262 Å². The summed E-state index contributed by atoms with van der Waals surface area (Å²) in [6.07, 6.45) is -4.01. The van der Waals surface area contributed by atoms with Gasteiger partial charge >= 0.3 is 17.9 Å². The number of ether oxygens (including phenoxy) is 3. The smallest absolute Gasteiger partial charge is 0.306 e. The second-order valence-electron chi connectivity index (χ2n) is 13.6. The molecule has 3 aliphatic carbocycles. The van der Waals surface area contributed by atoms with Crippen molar-refractivity contribution in [3.8, 4) is 0 Å². The summed E-state index contributed by atoms with van der Waals surface area (Å²) in [5.41, 5.74) is -2.60. The number of halogens is 1. The SMILES string of the molecule is CC(=O)OC(O)CC1CC(=O)C[C@@]2(C)C(=O)[C@H](OC(C)=O)C3=C(C)[C@@H](OC(=O)CCc4ccc(F)cc4)C[C@@](O)(CC12)C3(C)C. The average molecular weight is 631 g/mol. The number of benzene rings is 1. The molecule has 2 bridgehead atoms. The molecule has 11 heteroatoms. The molecule has 0 aromatic heterocycles. The Hall–Kier alpha value is -3.44. The van der Waals surface area contributed by atoms with E-state index in [1.54, 1.807) is 39.8 Å². The largest absolute Gasteiger partial charge is 0.458 e. The van der Waals surface area contributed by atoms with Crippen molar-refractivity contribution < 1.29 is 52.8 Å². The van der Waals surface area contributed by atoms with Gasteiger partial charge in [0, 0.05) is 56.8 Å². The van der Waals surface area contributed by atoms with Crippen LogP contribution in [0.25, 0.3) is 0 Å². The van der Waals surface area contributed by atoms with Crippen LogP contribution >= 0.6 is 0 Å². The van der Waals surface area contributed by atoms with Crippen LogP contribution in [0.1, 0.15) is 85.6 Å². The van der Waals surface area contributed by atoms with E-state index in [1.807, 2.05) is 0 Å². The second-order valence-corrected chi connectivity index (χ2v) is 13.6. The van der Waals surface area contributed by atoms with Gasteiger partial charge in [-0.15, -0.1) is 0 Å². The van der Waals surface area contributed by atoms with Gasteiger partial charge in [0.1, 0.15) is 17.7 Å². The van der Waals surface area contributed by atoms with E-state index in [2.05, 4.69) is 0 Å². The Morgan fingerprint density at radius 1 is 1.02 bits per heavy atom. The van der Waals surface area contributed by atoms with Crippen molar-refractivity contribution in [3.63, 3.8) is 0 Å². The van der Waals surface area contributed by atoms with Crippen LogP contribution < -0.4 is 0 Å². The Kier molecular flexibility index (Phi) is 9.76. The molecule has 10 nitrogen and oxygen atoms in total. The fourth-order valence-electron chi connectivity index (χ4n) is 7.80. The second kappa shape index (κ2) is 12.7. The minimum Gasteiger partial charge on any atom is -0.458 e. The molecule has 1 aromatic rings. The summed E-state index contributed by atoms with van der Waals surface area (Å²) >= 11 is 0. The molecule has 0 saturated heterocycles. The van der Waals surface area contributed by atoms with E-state index < -0.39 is 76.3 Å². The minimum atomic E-state index is -1.61. The number of carbonyl (C=O) groups is 5. The molecule has 4 rings (SSSR count). The highest BCUT2D eigenvalue weighted by Crippen LogP contribution is 2.60. The highest BCUT2D eigenvalue weighted by atomic mass is 19.1. The van der Waals surface area contributed by atoms with Crippen molar-refractivity contribution >= 4 is 29.5 Å². The maximum Gasteiger partial charge on any atom is 0.306 e. The maximum atomic E-state index is 14.6. The first-order valence-corrected chi connectivity index (χ1v) is 15.3. The molecule has 0 aliphatic heterocycles. The van der Waals surface area contributed by atoms with E-state index in [9.17, 15) is 38.6 Å². The maximum absolute atomic E-state index is 14.6. The van der Waals surface area contributed by atoms with Crippen molar-refractivity contribution in [2.45, 2.75) is 111 Å². The van der Waals surface area contributed by atoms with Gasteiger partial charge in [0.05, 0.1) is 5.60 Å². The molecule has 45 heavy (non-hydrogen) atoms. The van der Waals surface area contributed by atoms with Crippen LogP contribution in [-0.4, -0.2) is 63.8 Å². The predicted octanol–water partition coefficient (Wildman–Crippen LogP) is 3.93. The minimum absolute atomic E-state index is 0.000178. The number of fused-ring (bicyclic) bond motifs is 3. The first kappa shape index (κ1) is 34.4. The van der Waals surface area contributed by atoms with Crippen LogP contribution in [0.2, 0.25) is 0 Å². The van der Waals surface area contributed by atoms with Crippen LogP contribution in [0.3, 0.4) is 0 Å². The number of aryl methyl sites for hydroxylation is 1. The van der Waals surface area contributed by atoms with Crippen LogP contribution in [0, 0.1) is 28.5 Å². The monoisotopic (exact) mass is 630 g/mol. The fourth-order valence-corrected chi connectivity index (χ4v) is 7.80. The Balaban J connectivity index is 1.76. The van der Waals surface area contributed by atoms with Gasteiger partial charge in [-0.1, -0.05) is 32.9 Å². The third-order valence-corrected chi connectivity index (χ3v) is 10.2. The Bertz CT molecular complexity index is 1400. The third kappa shape index (κ3) is 6.89. The van der Waals surface area contributed by atoms with Crippen LogP contribution in [0.15, 0.2) is 35.4 Å². The number of esters is 3.